The van der Waals surface area contributed by atoms with Crippen molar-refractivity contribution in [1.29, 1.82) is 0 Å². The van der Waals surface area contributed by atoms with E-state index in [-0.39, 0.29) is 23.7 Å². The minimum atomic E-state index is -4.74. The van der Waals surface area contributed by atoms with E-state index in [4.69, 9.17) is 10.5 Å². The normalized spacial score (nSPS) is 14.8. The first-order valence-corrected chi connectivity index (χ1v) is 7.91. The quantitative estimate of drug-likeness (QED) is 0.605. The molecule has 7 nitrogen and oxygen atoms in total. The molecule has 1 aromatic rings. The molecule has 0 atom stereocenters. The molecule has 1 fully saturated rings. The summed E-state index contributed by atoms with van der Waals surface area (Å²) in [5, 5.41) is 11.3. The molecule has 0 aromatic heterocycles. The zero-order valence-corrected chi connectivity index (χ0v) is 14.6. The highest BCUT2D eigenvalue weighted by Crippen LogP contribution is 2.43. The van der Waals surface area contributed by atoms with Gasteiger partial charge in [0.1, 0.15) is 5.60 Å². The summed E-state index contributed by atoms with van der Waals surface area (Å²) in [6, 6.07) is 1.68. The van der Waals surface area contributed by atoms with E-state index in [9.17, 15) is 28.1 Å². The van der Waals surface area contributed by atoms with E-state index in [0.717, 1.165) is 18.9 Å². The molecule has 1 aliphatic rings. The Morgan fingerprint density at radius 2 is 1.96 bits per heavy atom. The minimum Gasteiger partial charge on any atom is -0.443 e. The molecule has 1 saturated carbocycles. The zero-order chi connectivity index (χ0) is 19.9. The van der Waals surface area contributed by atoms with E-state index in [1.54, 1.807) is 0 Å². The Morgan fingerprint density at radius 1 is 1.38 bits per heavy atom. The van der Waals surface area contributed by atoms with Crippen LogP contribution in [0.25, 0.3) is 0 Å². The highest BCUT2D eigenvalue weighted by Gasteiger charge is 2.40. The van der Waals surface area contributed by atoms with E-state index < -0.39 is 34.0 Å². The van der Waals surface area contributed by atoms with Gasteiger partial charge in [0, 0.05) is 36.8 Å². The molecule has 2 N–H and O–H groups in total. The van der Waals surface area contributed by atoms with Crippen LogP contribution in [0.2, 0.25) is 0 Å². The number of nitrogens with two attached hydrogens (primary N) is 1. The molecule has 1 aliphatic carbocycles. The first kappa shape index (κ1) is 19.8. The summed E-state index contributed by atoms with van der Waals surface area (Å²) in [7, 11) is 1.53. The summed E-state index contributed by atoms with van der Waals surface area (Å²) in [6.45, 7) is 2.95. The van der Waals surface area contributed by atoms with Crippen LogP contribution in [0, 0.1) is 10.1 Å². The maximum absolute atomic E-state index is 13.4. The summed E-state index contributed by atoms with van der Waals surface area (Å²) in [6.07, 6.45) is -4.44. The van der Waals surface area contributed by atoms with Gasteiger partial charge in [-0.25, -0.2) is 4.79 Å². The Labute approximate surface area is 148 Å². The van der Waals surface area contributed by atoms with Gasteiger partial charge in [-0.15, -0.1) is 0 Å². The molecule has 2 rings (SSSR count). The summed E-state index contributed by atoms with van der Waals surface area (Å²) in [5.41, 5.74) is 1.94. The summed E-state index contributed by atoms with van der Waals surface area (Å²) < 4.78 is 45.2. The number of anilines is 1. The molecule has 0 aliphatic heterocycles. The van der Waals surface area contributed by atoms with E-state index in [1.807, 2.05) is 0 Å². The van der Waals surface area contributed by atoms with Crippen molar-refractivity contribution < 1.29 is 27.6 Å². The lowest BCUT2D eigenvalue weighted by molar-refractivity contribution is -0.385. The number of benzene rings is 1. The average Bonchev–Trinajstić information content (AvgIpc) is 3.26. The largest absolute Gasteiger partial charge is 0.443 e. The fraction of sp³-hybridized carbons (Fsp3) is 0.562. The first-order valence-electron chi connectivity index (χ1n) is 7.91. The number of halogens is 3. The Hall–Kier alpha value is -2.52. The van der Waals surface area contributed by atoms with Crippen LogP contribution in [0.15, 0.2) is 12.1 Å². The molecular formula is C16H20F3N3O4. The van der Waals surface area contributed by atoms with E-state index in [0.29, 0.717) is 6.07 Å². The minimum absolute atomic E-state index is 0.0275. The van der Waals surface area contributed by atoms with Gasteiger partial charge in [0.2, 0.25) is 0 Å². The number of carbonyl (C=O) groups is 1. The van der Waals surface area contributed by atoms with Crippen molar-refractivity contribution in [1.82, 2.24) is 0 Å². The number of primary amides is 1. The Balaban J connectivity index is 2.57. The van der Waals surface area contributed by atoms with E-state index in [1.165, 1.54) is 25.8 Å². The average molecular weight is 375 g/mol. The van der Waals surface area contributed by atoms with E-state index >= 15 is 0 Å². The molecule has 0 saturated heterocycles. The van der Waals surface area contributed by atoms with Crippen LogP contribution in [-0.2, 0) is 17.3 Å². The predicted molar refractivity (Wildman–Crippen MR) is 88.0 cm³/mol. The van der Waals surface area contributed by atoms with Crippen molar-refractivity contribution in [3.05, 3.63) is 33.4 Å². The topological polar surface area (TPSA) is 98.7 Å². The first-order chi connectivity index (χ1) is 11.8. The summed E-state index contributed by atoms with van der Waals surface area (Å²) in [4.78, 5) is 22.9. The maximum Gasteiger partial charge on any atom is 0.418 e. The van der Waals surface area contributed by atoms with Gasteiger partial charge in [-0.1, -0.05) is 0 Å². The fourth-order valence-electron chi connectivity index (χ4n) is 2.88. The van der Waals surface area contributed by atoms with Crippen LogP contribution in [0.1, 0.15) is 37.8 Å². The standard InChI is InChI=1S/C16H20F3N3O4/c1-15(2,26-14(20)23)8-9-6-13(21(3)10-4-5-10)11(16(17,18)19)7-12(9)22(24)25/h6-7,10H,4-5,8H2,1-3H3,(H2,20,23). The highest BCUT2D eigenvalue weighted by molar-refractivity contribution is 5.66. The summed E-state index contributed by atoms with van der Waals surface area (Å²) in [5.74, 6) is 0. The van der Waals surface area contributed by atoms with Gasteiger partial charge >= 0.3 is 12.3 Å². The smallest absolute Gasteiger partial charge is 0.418 e. The van der Waals surface area contributed by atoms with Crippen LogP contribution < -0.4 is 10.6 Å². The lowest BCUT2D eigenvalue weighted by Gasteiger charge is -2.27. The Morgan fingerprint density at radius 3 is 2.38 bits per heavy atom. The maximum atomic E-state index is 13.4. The van der Waals surface area contributed by atoms with Crippen LogP contribution in [0.3, 0.4) is 0 Å². The van der Waals surface area contributed by atoms with Gasteiger partial charge in [-0.2, -0.15) is 13.2 Å². The number of hydrogen-bond acceptors (Lipinski definition) is 5. The number of ether oxygens (including phenoxy) is 1. The van der Waals surface area contributed by atoms with Gasteiger partial charge in [-0.05, 0) is 32.8 Å². The number of alkyl halides is 3. The molecular weight excluding hydrogens is 355 g/mol. The molecule has 144 valence electrons. The molecule has 1 amide bonds. The molecule has 0 bridgehead atoms. The van der Waals surface area contributed by atoms with Crippen molar-refractivity contribution >= 4 is 17.5 Å². The SMILES string of the molecule is CN(c1cc(CC(C)(C)OC(N)=O)c([N+](=O)[O-])cc1C(F)(F)F)C1CC1. The molecule has 0 radical (unpaired) electrons. The highest BCUT2D eigenvalue weighted by atomic mass is 19.4. The summed E-state index contributed by atoms with van der Waals surface area (Å²) >= 11 is 0. The molecule has 0 spiro atoms. The van der Waals surface area contributed by atoms with Gasteiger partial charge in [0.25, 0.3) is 5.69 Å². The second-order valence-electron chi connectivity index (χ2n) is 6.95. The number of nitro benzene ring substituents is 1. The van der Waals surface area contributed by atoms with Crippen molar-refractivity contribution in [2.75, 3.05) is 11.9 Å². The fourth-order valence-corrected chi connectivity index (χ4v) is 2.88. The molecule has 10 heteroatoms. The Kier molecular flexibility index (Phi) is 5.07. The number of rotatable bonds is 6. The molecule has 26 heavy (non-hydrogen) atoms. The molecule has 0 heterocycles. The number of hydrogen-bond donors (Lipinski definition) is 1. The lowest BCUT2D eigenvalue weighted by atomic mass is 9.94. The third kappa shape index (κ3) is 4.55. The number of amides is 1. The second-order valence-corrected chi connectivity index (χ2v) is 6.95. The van der Waals surface area contributed by atoms with E-state index in [2.05, 4.69) is 0 Å². The lowest BCUT2D eigenvalue weighted by Crippen LogP contribution is -2.33. The van der Waals surface area contributed by atoms with Crippen LogP contribution in [0.4, 0.5) is 29.3 Å². The van der Waals surface area contributed by atoms with Crippen molar-refractivity contribution in [3.8, 4) is 0 Å². The monoisotopic (exact) mass is 375 g/mol. The zero-order valence-electron chi connectivity index (χ0n) is 14.6. The van der Waals surface area contributed by atoms with Gasteiger partial charge in [-0.3, -0.25) is 10.1 Å². The third-order valence-corrected chi connectivity index (χ3v) is 4.17. The van der Waals surface area contributed by atoms with Crippen molar-refractivity contribution in [3.63, 3.8) is 0 Å². The van der Waals surface area contributed by atoms with Crippen molar-refractivity contribution in [2.24, 2.45) is 5.73 Å². The molecule has 1 aromatic carbocycles. The van der Waals surface area contributed by atoms with Crippen LogP contribution in [0.5, 0.6) is 0 Å². The molecule has 0 unspecified atom stereocenters. The number of nitrogens with zero attached hydrogens (tertiary/aromatic N) is 2. The van der Waals surface area contributed by atoms with Crippen LogP contribution >= 0.6 is 0 Å². The van der Waals surface area contributed by atoms with Crippen LogP contribution in [-0.4, -0.2) is 29.7 Å². The Bertz CT molecular complexity index is 730. The number of carbonyl (C=O) groups excluding carboxylic acids is 1. The van der Waals surface area contributed by atoms with Gasteiger partial charge in [0.05, 0.1) is 10.5 Å². The third-order valence-electron chi connectivity index (χ3n) is 4.17. The predicted octanol–water partition coefficient (Wildman–Crippen LogP) is 3.63. The van der Waals surface area contributed by atoms with Gasteiger partial charge < -0.3 is 15.4 Å². The van der Waals surface area contributed by atoms with Crippen molar-refractivity contribution in [2.45, 2.75) is 50.9 Å². The number of nitro groups is 1. The van der Waals surface area contributed by atoms with Gasteiger partial charge in [0.15, 0.2) is 0 Å². The second kappa shape index (κ2) is 6.65.